The molecule has 1 aromatic rings. The molecule has 8 heteroatoms. The van der Waals surface area contributed by atoms with Gasteiger partial charge in [0.2, 0.25) is 0 Å². The molecule has 0 bridgehead atoms. The number of hydrogen-bond donors (Lipinski definition) is 3. The average Bonchev–Trinajstić information content (AvgIpc) is 2.68. The van der Waals surface area contributed by atoms with Gasteiger partial charge in [0.1, 0.15) is 0 Å². The zero-order chi connectivity index (χ0) is 17.3. The third-order valence-corrected chi connectivity index (χ3v) is 4.58. The molecule has 1 aromatic carbocycles. The van der Waals surface area contributed by atoms with Crippen molar-refractivity contribution in [3.63, 3.8) is 0 Å². The van der Waals surface area contributed by atoms with E-state index in [2.05, 4.69) is 5.32 Å². The Balaban J connectivity index is 0.000000595. The standard InChI is InChI=1S/C15H20BNO3.BH2O2/c1-14(2)15(3,4)20-16(19-14)11-6-5-10-7-8-17-13(18)12(10)9-11;2-1-3/h5-6,9H,7-8H2,1-4H3,(H,17,18);2-3H. The Morgan fingerprint density at radius 2 is 1.74 bits per heavy atom. The molecule has 23 heavy (non-hydrogen) atoms. The molecule has 3 rings (SSSR count). The molecule has 3 N–H and O–H groups in total. The first-order valence-corrected chi connectivity index (χ1v) is 7.58. The van der Waals surface area contributed by atoms with Gasteiger partial charge < -0.3 is 24.7 Å². The molecule has 1 amide bonds. The summed E-state index contributed by atoms with van der Waals surface area (Å²) in [5, 5.41) is 16.9. The first-order chi connectivity index (χ1) is 10.7. The van der Waals surface area contributed by atoms with E-state index in [9.17, 15) is 4.79 Å². The van der Waals surface area contributed by atoms with Crippen molar-refractivity contribution >= 4 is 26.2 Å². The van der Waals surface area contributed by atoms with E-state index in [0.29, 0.717) is 6.54 Å². The molecule has 1 radical (unpaired) electrons. The highest BCUT2D eigenvalue weighted by Gasteiger charge is 2.51. The molecule has 1 fully saturated rings. The molecule has 6 nitrogen and oxygen atoms in total. The summed E-state index contributed by atoms with van der Waals surface area (Å²) < 4.78 is 12.0. The second-order valence-electron chi connectivity index (χ2n) is 6.63. The number of benzene rings is 1. The number of carbonyl (C=O) groups excluding carboxylic acids is 1. The molecule has 2 heterocycles. The van der Waals surface area contributed by atoms with Crippen LogP contribution >= 0.6 is 0 Å². The van der Waals surface area contributed by atoms with Crippen LogP contribution in [0.25, 0.3) is 0 Å². The minimum absolute atomic E-state index is 0. The van der Waals surface area contributed by atoms with Crippen LogP contribution in [0, 0.1) is 0 Å². The van der Waals surface area contributed by atoms with E-state index in [0.717, 1.165) is 23.0 Å². The van der Waals surface area contributed by atoms with Crippen molar-refractivity contribution < 1.29 is 24.2 Å². The van der Waals surface area contributed by atoms with Crippen LogP contribution in [0.3, 0.4) is 0 Å². The fourth-order valence-corrected chi connectivity index (χ4v) is 2.56. The first kappa shape index (κ1) is 18.0. The molecule has 0 unspecified atom stereocenters. The molecule has 2 aliphatic heterocycles. The highest BCUT2D eigenvalue weighted by molar-refractivity contribution is 6.62. The molecular formula is C15H22B2NO5. The van der Waals surface area contributed by atoms with Gasteiger partial charge in [-0.1, -0.05) is 12.1 Å². The summed E-state index contributed by atoms with van der Waals surface area (Å²) in [7, 11) is -0.417. The van der Waals surface area contributed by atoms with Crippen molar-refractivity contribution in [3.8, 4) is 0 Å². The molecule has 123 valence electrons. The number of rotatable bonds is 1. The molecule has 0 saturated carbocycles. The van der Waals surface area contributed by atoms with Crippen LogP contribution in [0.5, 0.6) is 0 Å². The Kier molecular flexibility index (Phi) is 5.20. The molecule has 2 aliphatic rings. The van der Waals surface area contributed by atoms with Crippen LogP contribution in [0.1, 0.15) is 43.6 Å². The predicted molar refractivity (Wildman–Crippen MR) is 88.4 cm³/mol. The van der Waals surface area contributed by atoms with Gasteiger partial charge in [-0.3, -0.25) is 4.79 Å². The fraction of sp³-hybridized carbons (Fsp3) is 0.533. The van der Waals surface area contributed by atoms with Crippen molar-refractivity contribution in [1.82, 2.24) is 5.32 Å². The monoisotopic (exact) mass is 318 g/mol. The van der Waals surface area contributed by atoms with Gasteiger partial charge in [0.05, 0.1) is 11.2 Å². The van der Waals surface area contributed by atoms with Crippen LogP contribution in [0.4, 0.5) is 0 Å². The highest BCUT2D eigenvalue weighted by atomic mass is 16.7. The van der Waals surface area contributed by atoms with Crippen LogP contribution in [-0.4, -0.2) is 48.5 Å². The smallest absolute Gasteiger partial charge is 0.429 e. The first-order valence-electron chi connectivity index (χ1n) is 7.58. The zero-order valence-electron chi connectivity index (χ0n) is 13.9. The largest absolute Gasteiger partial charge is 0.494 e. The Labute approximate surface area is 137 Å². The van der Waals surface area contributed by atoms with Gasteiger partial charge in [-0.05, 0) is 51.2 Å². The van der Waals surface area contributed by atoms with Gasteiger partial charge in [-0.25, -0.2) is 0 Å². The average molecular weight is 318 g/mol. The minimum atomic E-state index is -0.417. The quantitative estimate of drug-likeness (QED) is 0.623. The molecule has 0 aliphatic carbocycles. The van der Waals surface area contributed by atoms with E-state index in [1.165, 1.54) is 0 Å². The van der Waals surface area contributed by atoms with Crippen molar-refractivity contribution in [2.45, 2.75) is 45.3 Å². The lowest BCUT2D eigenvalue weighted by molar-refractivity contribution is 0.00578. The van der Waals surface area contributed by atoms with Crippen molar-refractivity contribution in [2.75, 3.05) is 6.54 Å². The van der Waals surface area contributed by atoms with E-state index in [-0.39, 0.29) is 24.8 Å². The third kappa shape index (κ3) is 3.61. The molecular weight excluding hydrogens is 296 g/mol. The summed E-state index contributed by atoms with van der Waals surface area (Å²) in [6.45, 7) is 8.81. The van der Waals surface area contributed by atoms with E-state index in [1.54, 1.807) is 0 Å². The van der Waals surface area contributed by atoms with Gasteiger partial charge in [-0.2, -0.15) is 0 Å². The Bertz CT molecular complexity index is 575. The SMILES string of the molecule is CC1(C)OB(c2ccc3c(c2)C(=O)NCC3)OC1(C)C.O[B]O. The highest BCUT2D eigenvalue weighted by Crippen LogP contribution is 2.36. The maximum absolute atomic E-state index is 11.9. The number of amides is 1. The maximum atomic E-state index is 11.9. The minimum Gasteiger partial charge on any atom is -0.429 e. The Morgan fingerprint density at radius 3 is 2.30 bits per heavy atom. The van der Waals surface area contributed by atoms with Crippen molar-refractivity contribution in [2.24, 2.45) is 0 Å². The van der Waals surface area contributed by atoms with Gasteiger partial charge in [0.15, 0.2) is 0 Å². The van der Waals surface area contributed by atoms with Gasteiger partial charge in [0.25, 0.3) is 5.91 Å². The summed E-state index contributed by atoms with van der Waals surface area (Å²) in [6.07, 6.45) is 0.880. The van der Waals surface area contributed by atoms with Crippen molar-refractivity contribution in [1.29, 1.82) is 0 Å². The fourth-order valence-electron chi connectivity index (χ4n) is 2.56. The van der Waals surface area contributed by atoms with E-state index in [1.807, 2.05) is 45.9 Å². The van der Waals surface area contributed by atoms with Crippen LogP contribution in [-0.2, 0) is 15.7 Å². The van der Waals surface area contributed by atoms with Crippen LogP contribution in [0.15, 0.2) is 18.2 Å². The second-order valence-corrected chi connectivity index (χ2v) is 6.63. The molecule has 0 atom stereocenters. The summed E-state index contributed by atoms with van der Waals surface area (Å²) in [4.78, 5) is 11.9. The topological polar surface area (TPSA) is 88.0 Å². The second kappa shape index (κ2) is 6.65. The molecule has 1 saturated heterocycles. The normalized spacial score (nSPS) is 21.0. The summed E-state index contributed by atoms with van der Waals surface area (Å²) in [5.74, 6) is -0.00961. The Hall–Kier alpha value is -1.34. The van der Waals surface area contributed by atoms with E-state index >= 15 is 0 Å². The number of carbonyl (C=O) groups is 1. The Morgan fingerprint density at radius 1 is 1.17 bits per heavy atom. The maximum Gasteiger partial charge on any atom is 0.494 e. The summed E-state index contributed by atoms with van der Waals surface area (Å²) in [6, 6.07) is 5.90. The number of nitrogens with one attached hydrogen (secondary N) is 1. The van der Waals surface area contributed by atoms with Gasteiger partial charge in [0, 0.05) is 12.1 Å². The van der Waals surface area contributed by atoms with Gasteiger partial charge in [-0.15, -0.1) is 0 Å². The van der Waals surface area contributed by atoms with Gasteiger partial charge >= 0.3 is 14.8 Å². The summed E-state index contributed by atoms with van der Waals surface area (Å²) in [5.41, 5.74) is 2.00. The lowest BCUT2D eigenvalue weighted by Crippen LogP contribution is -2.41. The lowest BCUT2D eigenvalue weighted by Gasteiger charge is -2.32. The van der Waals surface area contributed by atoms with Crippen molar-refractivity contribution in [3.05, 3.63) is 29.3 Å². The molecule has 0 spiro atoms. The lowest BCUT2D eigenvalue weighted by atomic mass is 9.77. The summed E-state index contributed by atoms with van der Waals surface area (Å²) >= 11 is 0. The van der Waals surface area contributed by atoms with E-state index in [4.69, 9.17) is 19.4 Å². The molecule has 0 aromatic heterocycles. The zero-order valence-corrected chi connectivity index (χ0v) is 13.9. The van der Waals surface area contributed by atoms with Crippen LogP contribution < -0.4 is 10.8 Å². The van der Waals surface area contributed by atoms with Crippen LogP contribution in [0.2, 0.25) is 0 Å². The number of fused-ring (bicyclic) bond motifs is 1. The third-order valence-electron chi connectivity index (χ3n) is 4.58. The van der Waals surface area contributed by atoms with E-state index < -0.39 is 7.12 Å². The number of hydrogen-bond acceptors (Lipinski definition) is 5. The predicted octanol–water partition coefficient (Wildman–Crippen LogP) is -0.223.